The van der Waals surface area contributed by atoms with E-state index in [0.29, 0.717) is 19.6 Å². The van der Waals surface area contributed by atoms with Crippen LogP contribution in [0.5, 0.6) is 5.75 Å². The van der Waals surface area contributed by atoms with E-state index in [9.17, 15) is 4.79 Å². The number of methoxy groups -OCH3 is 1. The Morgan fingerprint density at radius 2 is 2.10 bits per heavy atom. The summed E-state index contributed by atoms with van der Waals surface area (Å²) in [5, 5.41) is 2.93. The molecule has 0 radical (unpaired) electrons. The molecule has 158 valence electrons. The van der Waals surface area contributed by atoms with Gasteiger partial charge in [-0.3, -0.25) is 0 Å². The third-order valence-corrected chi connectivity index (χ3v) is 5.61. The van der Waals surface area contributed by atoms with E-state index in [1.54, 1.807) is 19.6 Å². The van der Waals surface area contributed by atoms with Crippen LogP contribution in [0.2, 0.25) is 0 Å². The summed E-state index contributed by atoms with van der Waals surface area (Å²) in [6.45, 7) is 1.64. The molecule has 1 aliphatic rings. The van der Waals surface area contributed by atoms with Crippen LogP contribution in [0.25, 0.3) is 22.6 Å². The summed E-state index contributed by atoms with van der Waals surface area (Å²) >= 11 is 0. The summed E-state index contributed by atoms with van der Waals surface area (Å²) in [5.74, 6) is 2.37. The normalized spacial score (nSPS) is 16.0. The molecule has 3 aromatic heterocycles. The summed E-state index contributed by atoms with van der Waals surface area (Å²) < 4.78 is 12.7. The second kappa shape index (κ2) is 8.14. The number of imidazole rings is 1. The van der Waals surface area contributed by atoms with Gasteiger partial charge in [-0.1, -0.05) is 0 Å². The number of aromatic nitrogens is 3. The lowest BCUT2D eigenvalue weighted by atomic mass is 10.2. The number of fused-ring (bicyclic) bond motifs is 1. The SMILES string of the molecule is COc1ccc(-c2nc3cccnc3n2[C@H]2CCN(C(=O)NCc3ccco3)C2)cc1. The number of likely N-dealkylation sites (tertiary alicyclic amines) is 1. The number of urea groups is 1. The first-order valence-electron chi connectivity index (χ1n) is 10.3. The molecule has 0 unspecified atom stereocenters. The predicted octanol–water partition coefficient (Wildman–Crippen LogP) is 3.86. The maximum absolute atomic E-state index is 12.7. The molecule has 1 atom stereocenters. The number of carbonyl (C=O) groups is 1. The van der Waals surface area contributed by atoms with Crippen molar-refractivity contribution in [1.82, 2.24) is 24.8 Å². The molecule has 1 aliphatic heterocycles. The third kappa shape index (κ3) is 3.72. The van der Waals surface area contributed by atoms with E-state index in [-0.39, 0.29) is 12.1 Å². The Labute approximate surface area is 179 Å². The number of ether oxygens (including phenoxy) is 1. The molecule has 2 amide bonds. The molecule has 0 saturated carbocycles. The van der Waals surface area contributed by atoms with Gasteiger partial charge in [-0.2, -0.15) is 0 Å². The van der Waals surface area contributed by atoms with E-state index in [1.807, 2.05) is 53.4 Å². The van der Waals surface area contributed by atoms with Crippen LogP contribution in [0.15, 0.2) is 65.4 Å². The molecular formula is C23H23N5O3. The molecule has 31 heavy (non-hydrogen) atoms. The molecule has 4 heterocycles. The zero-order valence-corrected chi connectivity index (χ0v) is 17.2. The highest BCUT2D eigenvalue weighted by molar-refractivity contribution is 5.78. The number of benzene rings is 1. The number of rotatable bonds is 5. The lowest BCUT2D eigenvalue weighted by molar-refractivity contribution is 0.206. The maximum atomic E-state index is 12.7. The van der Waals surface area contributed by atoms with Crippen molar-refractivity contribution in [3.63, 3.8) is 0 Å². The van der Waals surface area contributed by atoms with Crippen molar-refractivity contribution in [2.24, 2.45) is 0 Å². The summed E-state index contributed by atoms with van der Waals surface area (Å²) in [7, 11) is 1.65. The molecule has 8 nitrogen and oxygen atoms in total. The van der Waals surface area contributed by atoms with E-state index in [1.165, 1.54) is 0 Å². The van der Waals surface area contributed by atoms with Gasteiger partial charge < -0.3 is 23.9 Å². The van der Waals surface area contributed by atoms with Crippen molar-refractivity contribution >= 4 is 17.2 Å². The Hall–Kier alpha value is -3.81. The Morgan fingerprint density at radius 1 is 1.23 bits per heavy atom. The first-order chi connectivity index (χ1) is 15.2. The zero-order chi connectivity index (χ0) is 21.2. The van der Waals surface area contributed by atoms with Crippen LogP contribution in [0.4, 0.5) is 4.79 Å². The van der Waals surface area contributed by atoms with E-state index >= 15 is 0 Å². The maximum Gasteiger partial charge on any atom is 0.317 e. The Morgan fingerprint density at radius 3 is 2.87 bits per heavy atom. The largest absolute Gasteiger partial charge is 0.497 e. The topological polar surface area (TPSA) is 85.4 Å². The van der Waals surface area contributed by atoms with Crippen LogP contribution < -0.4 is 10.1 Å². The van der Waals surface area contributed by atoms with E-state index in [4.69, 9.17) is 14.1 Å². The number of furan rings is 1. The number of pyridine rings is 1. The third-order valence-electron chi connectivity index (χ3n) is 5.61. The first kappa shape index (κ1) is 19.2. The van der Waals surface area contributed by atoms with Crippen molar-refractivity contribution < 1.29 is 13.9 Å². The second-order valence-electron chi connectivity index (χ2n) is 7.51. The van der Waals surface area contributed by atoms with Gasteiger partial charge in [-0.15, -0.1) is 0 Å². The average Bonchev–Trinajstić information content (AvgIpc) is 3.56. The Bertz CT molecular complexity index is 1180. The fraction of sp³-hybridized carbons (Fsp3) is 0.261. The molecule has 0 spiro atoms. The molecule has 1 fully saturated rings. The molecule has 1 N–H and O–H groups in total. The van der Waals surface area contributed by atoms with Crippen molar-refractivity contribution in [2.45, 2.75) is 19.0 Å². The molecule has 1 aromatic carbocycles. The highest BCUT2D eigenvalue weighted by atomic mass is 16.5. The van der Waals surface area contributed by atoms with Gasteiger partial charge in [-0.05, 0) is 55.0 Å². The molecule has 8 heteroatoms. The number of hydrogen-bond donors (Lipinski definition) is 1. The van der Waals surface area contributed by atoms with Crippen molar-refractivity contribution in [3.8, 4) is 17.1 Å². The molecule has 0 bridgehead atoms. The molecule has 1 saturated heterocycles. The van der Waals surface area contributed by atoms with Gasteiger partial charge in [0.15, 0.2) is 5.65 Å². The van der Waals surface area contributed by atoms with Gasteiger partial charge in [-0.25, -0.2) is 14.8 Å². The lowest BCUT2D eigenvalue weighted by Gasteiger charge is -2.19. The van der Waals surface area contributed by atoms with Gasteiger partial charge in [0.05, 0.1) is 26.0 Å². The van der Waals surface area contributed by atoms with Gasteiger partial charge in [0, 0.05) is 24.8 Å². The van der Waals surface area contributed by atoms with Crippen LogP contribution >= 0.6 is 0 Å². The van der Waals surface area contributed by atoms with Crippen LogP contribution in [-0.4, -0.2) is 45.7 Å². The summed E-state index contributed by atoms with van der Waals surface area (Å²) in [6.07, 6.45) is 4.21. The van der Waals surface area contributed by atoms with Gasteiger partial charge >= 0.3 is 6.03 Å². The molecule has 0 aliphatic carbocycles. The first-order valence-corrected chi connectivity index (χ1v) is 10.3. The van der Waals surface area contributed by atoms with E-state index < -0.39 is 0 Å². The van der Waals surface area contributed by atoms with Crippen LogP contribution in [0.1, 0.15) is 18.2 Å². The van der Waals surface area contributed by atoms with Crippen LogP contribution in [0.3, 0.4) is 0 Å². The van der Waals surface area contributed by atoms with Crippen LogP contribution in [-0.2, 0) is 6.54 Å². The van der Waals surface area contributed by atoms with E-state index in [0.717, 1.165) is 40.5 Å². The van der Waals surface area contributed by atoms with Gasteiger partial charge in [0.2, 0.25) is 0 Å². The fourth-order valence-corrected chi connectivity index (χ4v) is 4.04. The lowest BCUT2D eigenvalue weighted by Crippen LogP contribution is -2.38. The smallest absolute Gasteiger partial charge is 0.317 e. The zero-order valence-electron chi connectivity index (χ0n) is 17.2. The quantitative estimate of drug-likeness (QED) is 0.533. The van der Waals surface area contributed by atoms with Crippen molar-refractivity contribution in [2.75, 3.05) is 20.2 Å². The molecular weight excluding hydrogens is 394 g/mol. The number of carbonyl (C=O) groups excluding carboxylic acids is 1. The highest BCUT2D eigenvalue weighted by Gasteiger charge is 2.30. The van der Waals surface area contributed by atoms with Crippen LogP contribution in [0, 0.1) is 0 Å². The predicted molar refractivity (Wildman–Crippen MR) is 116 cm³/mol. The average molecular weight is 417 g/mol. The number of amides is 2. The Kier molecular flexibility index (Phi) is 5.03. The Balaban J connectivity index is 1.41. The highest BCUT2D eigenvalue weighted by Crippen LogP contribution is 2.32. The molecule has 4 aromatic rings. The monoisotopic (exact) mass is 417 g/mol. The minimum absolute atomic E-state index is 0.0892. The number of hydrogen-bond acceptors (Lipinski definition) is 5. The summed E-state index contributed by atoms with van der Waals surface area (Å²) in [4.78, 5) is 23.9. The fourth-order valence-electron chi connectivity index (χ4n) is 4.04. The second-order valence-corrected chi connectivity index (χ2v) is 7.51. The van der Waals surface area contributed by atoms with Gasteiger partial charge in [0.25, 0.3) is 0 Å². The van der Waals surface area contributed by atoms with E-state index in [2.05, 4.69) is 14.9 Å². The standard InChI is InChI=1S/C23H23N5O3/c1-30-18-8-6-16(7-9-18)21-26-20-5-2-11-24-22(20)28(21)17-10-12-27(15-17)23(29)25-14-19-4-3-13-31-19/h2-9,11,13,17H,10,12,14-15H2,1H3,(H,25,29)/t17-/m0/s1. The summed E-state index contributed by atoms with van der Waals surface area (Å²) in [5.41, 5.74) is 2.66. The van der Waals surface area contributed by atoms with Crippen molar-refractivity contribution in [3.05, 3.63) is 66.8 Å². The molecule has 5 rings (SSSR count). The number of nitrogens with zero attached hydrogens (tertiary/aromatic N) is 4. The number of nitrogens with one attached hydrogen (secondary N) is 1. The summed E-state index contributed by atoms with van der Waals surface area (Å²) in [6, 6.07) is 15.4. The minimum atomic E-state index is -0.0951. The van der Waals surface area contributed by atoms with Gasteiger partial charge in [0.1, 0.15) is 22.9 Å². The minimum Gasteiger partial charge on any atom is -0.497 e. The van der Waals surface area contributed by atoms with Crippen molar-refractivity contribution in [1.29, 1.82) is 0 Å².